The molecule has 4 rings (SSSR count). The van der Waals surface area contributed by atoms with Gasteiger partial charge in [-0.15, -0.1) is 0 Å². The van der Waals surface area contributed by atoms with Crippen LogP contribution in [0.15, 0.2) is 72.8 Å². The third-order valence-corrected chi connectivity index (χ3v) is 5.14. The molecule has 0 aliphatic carbocycles. The second-order valence-electron chi connectivity index (χ2n) is 7.38. The Morgan fingerprint density at radius 3 is 2.22 bits per heavy atom. The van der Waals surface area contributed by atoms with Gasteiger partial charge in [-0.05, 0) is 48.4 Å². The van der Waals surface area contributed by atoms with Crippen LogP contribution in [0, 0.1) is 6.92 Å². The van der Waals surface area contributed by atoms with Gasteiger partial charge in [-0.1, -0.05) is 42.5 Å². The molecule has 0 saturated carbocycles. The van der Waals surface area contributed by atoms with Crippen LogP contribution >= 0.6 is 0 Å². The Morgan fingerprint density at radius 1 is 0.875 bits per heavy atom. The lowest BCUT2D eigenvalue weighted by Crippen LogP contribution is -2.29. The number of hydrogen-bond acceptors (Lipinski definition) is 5. The molecule has 1 N–H and O–H groups in total. The summed E-state index contributed by atoms with van der Waals surface area (Å²) in [6, 6.07) is 20.4. The highest BCUT2D eigenvalue weighted by Gasteiger charge is 2.35. The number of nitrogens with zero attached hydrogens (tertiary/aromatic N) is 1. The highest BCUT2D eigenvalue weighted by Crippen LogP contribution is 2.24. The summed E-state index contributed by atoms with van der Waals surface area (Å²) in [6.07, 6.45) is 0. The van der Waals surface area contributed by atoms with Gasteiger partial charge in [-0.2, -0.15) is 0 Å². The molecule has 1 heterocycles. The van der Waals surface area contributed by atoms with E-state index in [-0.39, 0.29) is 23.9 Å². The molecule has 0 fully saturated rings. The van der Waals surface area contributed by atoms with Crippen molar-refractivity contribution in [3.63, 3.8) is 0 Å². The van der Waals surface area contributed by atoms with Crippen LogP contribution in [0.1, 0.15) is 42.2 Å². The zero-order valence-electron chi connectivity index (χ0n) is 17.3. The van der Waals surface area contributed by atoms with E-state index in [1.54, 1.807) is 60.7 Å². The minimum atomic E-state index is -0.672. The van der Waals surface area contributed by atoms with Crippen molar-refractivity contribution in [3.05, 3.63) is 101 Å². The second kappa shape index (κ2) is 8.85. The van der Waals surface area contributed by atoms with E-state index in [1.807, 2.05) is 19.1 Å². The number of fused-ring (bicyclic) bond motifs is 1. The maximum absolute atomic E-state index is 12.6. The molecule has 0 bridgehead atoms. The number of imide groups is 1. The molecule has 0 aromatic heterocycles. The molecule has 0 unspecified atom stereocenters. The van der Waals surface area contributed by atoms with Gasteiger partial charge in [-0.25, -0.2) is 4.79 Å². The van der Waals surface area contributed by atoms with Gasteiger partial charge in [0, 0.05) is 5.69 Å². The van der Waals surface area contributed by atoms with Gasteiger partial charge in [0.05, 0.1) is 23.2 Å². The lowest BCUT2D eigenvalue weighted by molar-refractivity contribution is -0.119. The number of amides is 3. The number of carbonyl (C=O) groups excluding carboxylic acids is 4. The van der Waals surface area contributed by atoms with Crippen LogP contribution < -0.4 is 5.32 Å². The third-order valence-electron chi connectivity index (χ3n) is 5.14. The van der Waals surface area contributed by atoms with E-state index in [2.05, 4.69) is 5.32 Å². The fraction of sp³-hybridized carbons (Fsp3) is 0.120. The predicted molar refractivity (Wildman–Crippen MR) is 117 cm³/mol. The summed E-state index contributed by atoms with van der Waals surface area (Å²) in [7, 11) is 0. The van der Waals surface area contributed by atoms with Gasteiger partial charge in [0.2, 0.25) is 0 Å². The Kier molecular flexibility index (Phi) is 5.81. The maximum Gasteiger partial charge on any atom is 0.338 e. The molecule has 1 aliphatic rings. The van der Waals surface area contributed by atoms with Crippen molar-refractivity contribution in [2.24, 2.45) is 0 Å². The highest BCUT2D eigenvalue weighted by atomic mass is 16.5. The maximum atomic E-state index is 12.6. The lowest BCUT2D eigenvalue weighted by Gasteiger charge is -2.14. The number of aryl methyl sites for hydroxylation is 1. The van der Waals surface area contributed by atoms with Crippen LogP contribution in [0.3, 0.4) is 0 Å². The van der Waals surface area contributed by atoms with Crippen molar-refractivity contribution < 1.29 is 23.9 Å². The molecule has 7 nitrogen and oxygen atoms in total. The van der Waals surface area contributed by atoms with E-state index in [0.717, 1.165) is 10.5 Å². The summed E-state index contributed by atoms with van der Waals surface area (Å²) in [4.78, 5) is 50.8. The molecule has 32 heavy (non-hydrogen) atoms. The zero-order valence-corrected chi connectivity index (χ0v) is 17.3. The van der Waals surface area contributed by atoms with Crippen LogP contribution in [0.4, 0.5) is 5.69 Å². The molecular formula is C25H20N2O5. The molecule has 160 valence electrons. The standard InChI is InChI=1S/C25H20N2O5/c1-16-7-2-5-12-21(16)26-22(28)15-32-25(31)18-9-6-8-17(13-18)14-27-23(29)19-10-3-4-11-20(19)24(27)30/h2-13H,14-15H2,1H3,(H,26,28). The van der Waals surface area contributed by atoms with Crippen molar-refractivity contribution in [2.45, 2.75) is 13.5 Å². The first-order valence-electron chi connectivity index (χ1n) is 10.0. The molecule has 0 atom stereocenters. The van der Waals surface area contributed by atoms with Crippen LogP contribution in [-0.2, 0) is 16.1 Å². The van der Waals surface area contributed by atoms with E-state index in [9.17, 15) is 19.2 Å². The van der Waals surface area contributed by atoms with Crippen molar-refractivity contribution in [1.29, 1.82) is 0 Å². The average molecular weight is 428 g/mol. The number of esters is 1. The number of benzene rings is 3. The lowest BCUT2D eigenvalue weighted by atomic mass is 10.1. The summed E-state index contributed by atoms with van der Waals surface area (Å²) < 4.78 is 5.12. The monoisotopic (exact) mass is 428 g/mol. The van der Waals surface area contributed by atoms with Crippen molar-refractivity contribution in [3.8, 4) is 0 Å². The quantitative estimate of drug-likeness (QED) is 0.479. The summed E-state index contributed by atoms with van der Waals surface area (Å²) in [5.41, 5.74) is 3.10. The van der Waals surface area contributed by atoms with Gasteiger partial charge in [0.25, 0.3) is 17.7 Å². The molecule has 0 spiro atoms. The molecular weight excluding hydrogens is 408 g/mol. The van der Waals surface area contributed by atoms with Crippen LogP contribution in [0.25, 0.3) is 0 Å². The van der Waals surface area contributed by atoms with E-state index >= 15 is 0 Å². The first-order valence-corrected chi connectivity index (χ1v) is 10.0. The Labute approximate surface area is 184 Å². The average Bonchev–Trinajstić information content (AvgIpc) is 3.04. The minimum absolute atomic E-state index is 0.0290. The number of anilines is 1. The summed E-state index contributed by atoms with van der Waals surface area (Å²) in [5.74, 6) is -1.86. The zero-order chi connectivity index (χ0) is 22.7. The van der Waals surface area contributed by atoms with Gasteiger partial charge in [0.15, 0.2) is 6.61 Å². The Balaban J connectivity index is 1.38. The summed E-state index contributed by atoms with van der Waals surface area (Å²) in [5, 5.41) is 2.70. The van der Waals surface area contributed by atoms with E-state index < -0.39 is 18.5 Å². The molecule has 1 aliphatic heterocycles. The van der Waals surface area contributed by atoms with E-state index in [1.165, 1.54) is 0 Å². The molecule has 7 heteroatoms. The Hall–Kier alpha value is -4.26. The van der Waals surface area contributed by atoms with Gasteiger partial charge in [0.1, 0.15) is 0 Å². The number of rotatable bonds is 6. The molecule has 0 radical (unpaired) electrons. The fourth-order valence-corrected chi connectivity index (χ4v) is 3.48. The van der Waals surface area contributed by atoms with Crippen LogP contribution in [0.5, 0.6) is 0 Å². The van der Waals surface area contributed by atoms with Crippen molar-refractivity contribution in [2.75, 3.05) is 11.9 Å². The highest BCUT2D eigenvalue weighted by molar-refractivity contribution is 6.21. The van der Waals surface area contributed by atoms with Crippen LogP contribution in [0.2, 0.25) is 0 Å². The first kappa shape index (κ1) is 21.0. The molecule has 3 aromatic carbocycles. The van der Waals surface area contributed by atoms with Crippen molar-refractivity contribution in [1.82, 2.24) is 4.90 Å². The summed E-state index contributed by atoms with van der Waals surface area (Å²) in [6.45, 7) is 1.46. The SMILES string of the molecule is Cc1ccccc1NC(=O)COC(=O)c1cccc(CN2C(=O)c3ccccc3C2=O)c1. The van der Waals surface area contributed by atoms with Crippen molar-refractivity contribution >= 4 is 29.4 Å². The minimum Gasteiger partial charge on any atom is -0.452 e. The number of hydrogen-bond donors (Lipinski definition) is 1. The number of para-hydroxylation sites is 1. The van der Waals surface area contributed by atoms with Gasteiger partial charge < -0.3 is 10.1 Å². The number of carbonyl (C=O) groups is 4. The molecule has 0 saturated heterocycles. The fourth-order valence-electron chi connectivity index (χ4n) is 3.48. The van der Waals surface area contributed by atoms with Gasteiger partial charge in [-0.3, -0.25) is 19.3 Å². The first-order chi connectivity index (χ1) is 15.4. The number of ether oxygens (including phenoxy) is 1. The summed E-state index contributed by atoms with van der Waals surface area (Å²) >= 11 is 0. The topological polar surface area (TPSA) is 92.8 Å². The Morgan fingerprint density at radius 2 is 1.53 bits per heavy atom. The molecule has 3 amide bonds. The normalized spacial score (nSPS) is 12.5. The largest absolute Gasteiger partial charge is 0.452 e. The number of nitrogens with one attached hydrogen (secondary N) is 1. The van der Waals surface area contributed by atoms with Gasteiger partial charge >= 0.3 is 5.97 Å². The van der Waals surface area contributed by atoms with E-state index in [0.29, 0.717) is 22.4 Å². The van der Waals surface area contributed by atoms with Crippen LogP contribution in [-0.4, -0.2) is 35.2 Å². The second-order valence-corrected chi connectivity index (χ2v) is 7.38. The Bertz CT molecular complexity index is 1200. The smallest absolute Gasteiger partial charge is 0.338 e. The van der Waals surface area contributed by atoms with E-state index in [4.69, 9.17) is 4.74 Å². The third kappa shape index (κ3) is 4.27. The predicted octanol–water partition coefficient (Wildman–Crippen LogP) is 3.59. The molecule has 3 aromatic rings.